The van der Waals surface area contributed by atoms with E-state index in [0.717, 1.165) is 57.1 Å². The Kier molecular flexibility index (Phi) is 10.1. The van der Waals surface area contributed by atoms with Crippen LogP contribution in [0.3, 0.4) is 0 Å². The Morgan fingerprint density at radius 2 is 1.80 bits per heavy atom. The first-order valence-electron chi connectivity index (χ1n) is 15.7. The van der Waals surface area contributed by atoms with Gasteiger partial charge in [-0.15, -0.1) is 0 Å². The number of H-pyrrole nitrogens is 1. The molecule has 3 aromatic rings. The van der Waals surface area contributed by atoms with E-state index in [4.69, 9.17) is 9.73 Å². The Labute approximate surface area is 246 Å². The van der Waals surface area contributed by atoms with E-state index in [2.05, 4.69) is 73.2 Å². The molecule has 0 saturated heterocycles. The molecule has 1 aliphatic heterocycles. The van der Waals surface area contributed by atoms with Crippen LogP contribution in [0.2, 0.25) is 0 Å². The normalized spacial score (nSPS) is 15.5. The minimum absolute atomic E-state index is 0.700. The van der Waals surface area contributed by atoms with Gasteiger partial charge in [0.1, 0.15) is 5.75 Å². The van der Waals surface area contributed by atoms with Crippen LogP contribution in [-0.4, -0.2) is 17.8 Å². The van der Waals surface area contributed by atoms with Crippen LogP contribution in [0.1, 0.15) is 93.9 Å². The van der Waals surface area contributed by atoms with E-state index in [1.807, 2.05) is 19.2 Å². The summed E-state index contributed by atoms with van der Waals surface area (Å²) in [6, 6.07) is 13.2. The van der Waals surface area contributed by atoms with Gasteiger partial charge in [0, 0.05) is 29.0 Å². The van der Waals surface area contributed by atoms with E-state index in [9.17, 15) is 0 Å². The van der Waals surface area contributed by atoms with Crippen molar-refractivity contribution in [2.24, 2.45) is 4.99 Å². The van der Waals surface area contributed by atoms with Crippen LogP contribution in [-0.2, 0) is 19.3 Å². The second-order valence-corrected chi connectivity index (χ2v) is 11.7. The van der Waals surface area contributed by atoms with Crippen LogP contribution in [0.4, 0.5) is 0 Å². The predicted octanol–water partition coefficient (Wildman–Crippen LogP) is 10.3. The lowest BCUT2D eigenvalue weighted by atomic mass is 9.91. The summed E-state index contributed by atoms with van der Waals surface area (Å²) < 4.78 is 5.70. The van der Waals surface area contributed by atoms with Gasteiger partial charge < -0.3 is 9.72 Å². The fourth-order valence-electron chi connectivity index (χ4n) is 6.35. The maximum Gasteiger partial charge on any atom is 0.120 e. The van der Waals surface area contributed by atoms with Crippen LogP contribution in [0.15, 0.2) is 89.2 Å². The highest BCUT2D eigenvalue weighted by Gasteiger charge is 2.14. The third-order valence-electron chi connectivity index (χ3n) is 8.54. The summed E-state index contributed by atoms with van der Waals surface area (Å²) in [6.45, 7) is 9.36. The van der Waals surface area contributed by atoms with Crippen molar-refractivity contribution in [3.05, 3.63) is 106 Å². The molecule has 0 spiro atoms. The standard InChI is InChI=1S/C38H46N2O/c1-4-41-35-21-22-37-36(26-35)33(27-40-37)13-6-5-7-17-34-18-9-12-30(23-24-39-34)11-8-14-31-15-10-16-32-20-19-28(2)25-29(3)38(31)32/h10,15-16,18,21-27,40H,3-9,11-14,17,19-20H2,1-2H3. The van der Waals surface area contributed by atoms with Crippen LogP contribution in [0, 0.1) is 0 Å². The molecule has 3 heteroatoms. The first kappa shape index (κ1) is 28.9. The molecular weight excluding hydrogens is 500 g/mol. The molecule has 3 nitrogen and oxygen atoms in total. The third-order valence-corrected chi connectivity index (χ3v) is 8.54. The zero-order valence-corrected chi connectivity index (χ0v) is 25.1. The SMILES string of the molecule is C=C1C=C(C)CCc2cccc(CCCC3=CC=NC(CCCCCc4c[nH]c5ccc(OCC)cc45)=CCC3)c21. The number of hydrogen-bond donors (Lipinski definition) is 1. The van der Waals surface area contributed by atoms with E-state index >= 15 is 0 Å². The Balaban J connectivity index is 1.05. The Bertz CT molecular complexity index is 1480. The maximum absolute atomic E-state index is 5.70. The van der Waals surface area contributed by atoms with Gasteiger partial charge in [-0.1, -0.05) is 54.5 Å². The van der Waals surface area contributed by atoms with Crippen molar-refractivity contribution < 1.29 is 4.74 Å². The smallest absolute Gasteiger partial charge is 0.120 e. The number of unbranched alkanes of at least 4 members (excludes halogenated alkanes) is 2. The van der Waals surface area contributed by atoms with Gasteiger partial charge in [0.2, 0.25) is 0 Å². The second kappa shape index (κ2) is 14.3. The Morgan fingerprint density at radius 3 is 2.71 bits per heavy atom. The first-order valence-corrected chi connectivity index (χ1v) is 15.7. The van der Waals surface area contributed by atoms with Gasteiger partial charge in [-0.3, -0.25) is 4.99 Å². The molecule has 1 aromatic heterocycles. The van der Waals surface area contributed by atoms with Crippen LogP contribution < -0.4 is 4.74 Å². The molecule has 0 fully saturated rings. The number of benzene rings is 2. The van der Waals surface area contributed by atoms with Crippen molar-refractivity contribution in [1.29, 1.82) is 0 Å². The third kappa shape index (κ3) is 7.79. The first-order chi connectivity index (χ1) is 20.1. The van der Waals surface area contributed by atoms with Crippen molar-refractivity contribution in [3.63, 3.8) is 0 Å². The van der Waals surface area contributed by atoms with E-state index in [1.54, 1.807) is 0 Å². The molecule has 1 N–H and O–H groups in total. The number of aliphatic imine (C=N–C) groups is 1. The molecule has 214 valence electrons. The number of allylic oxidation sites excluding steroid dienone is 7. The number of aromatic nitrogens is 1. The van der Waals surface area contributed by atoms with Gasteiger partial charge in [0.25, 0.3) is 0 Å². The average Bonchev–Trinajstić information content (AvgIpc) is 3.28. The predicted molar refractivity (Wildman–Crippen MR) is 176 cm³/mol. The number of hydrogen-bond acceptors (Lipinski definition) is 2. The Morgan fingerprint density at radius 1 is 0.927 bits per heavy atom. The summed E-state index contributed by atoms with van der Waals surface area (Å²) in [5, 5.41) is 1.29. The summed E-state index contributed by atoms with van der Waals surface area (Å²) >= 11 is 0. The number of nitrogens with one attached hydrogen (secondary N) is 1. The van der Waals surface area contributed by atoms with Crippen molar-refractivity contribution in [1.82, 2.24) is 4.98 Å². The molecule has 2 heterocycles. The van der Waals surface area contributed by atoms with Crippen molar-refractivity contribution in [2.75, 3.05) is 6.61 Å². The van der Waals surface area contributed by atoms with E-state index in [0.29, 0.717) is 6.61 Å². The molecule has 2 aliphatic rings. The van der Waals surface area contributed by atoms with E-state index < -0.39 is 0 Å². The van der Waals surface area contributed by atoms with Crippen LogP contribution in [0.25, 0.3) is 16.5 Å². The number of aromatic amines is 1. The second-order valence-electron chi connectivity index (χ2n) is 11.7. The zero-order valence-electron chi connectivity index (χ0n) is 25.1. The van der Waals surface area contributed by atoms with E-state index in [1.165, 1.54) is 81.3 Å². The number of fused-ring (bicyclic) bond motifs is 2. The minimum atomic E-state index is 0.700. The van der Waals surface area contributed by atoms with Gasteiger partial charge in [0.05, 0.1) is 6.61 Å². The number of nitrogens with zero attached hydrogens (tertiary/aromatic N) is 1. The molecule has 5 rings (SSSR count). The highest BCUT2D eigenvalue weighted by Crippen LogP contribution is 2.31. The van der Waals surface area contributed by atoms with Crippen LogP contribution >= 0.6 is 0 Å². The molecule has 0 atom stereocenters. The maximum atomic E-state index is 5.70. The van der Waals surface area contributed by atoms with Gasteiger partial charge in [-0.05, 0) is 137 Å². The van der Waals surface area contributed by atoms with Gasteiger partial charge in [0.15, 0.2) is 0 Å². The lowest BCUT2D eigenvalue weighted by molar-refractivity contribution is 0.340. The summed E-state index contributed by atoms with van der Waals surface area (Å²) in [5.74, 6) is 0.955. The number of rotatable bonds is 12. The fourth-order valence-corrected chi connectivity index (χ4v) is 6.35. The van der Waals surface area contributed by atoms with Crippen molar-refractivity contribution in [3.8, 4) is 5.75 Å². The highest BCUT2D eigenvalue weighted by molar-refractivity contribution is 5.84. The molecule has 1 aliphatic carbocycles. The molecule has 0 bridgehead atoms. The lowest BCUT2D eigenvalue weighted by Crippen LogP contribution is -1.99. The fraction of sp³-hybridized carbons (Fsp3) is 0.395. The van der Waals surface area contributed by atoms with Crippen molar-refractivity contribution >= 4 is 22.7 Å². The van der Waals surface area contributed by atoms with Gasteiger partial charge >= 0.3 is 0 Å². The Hall–Kier alpha value is -3.59. The molecule has 0 unspecified atom stereocenters. The summed E-state index contributed by atoms with van der Waals surface area (Å²) in [5.41, 5.74) is 12.3. The van der Waals surface area contributed by atoms with Crippen molar-refractivity contribution in [2.45, 2.75) is 90.9 Å². The summed E-state index contributed by atoms with van der Waals surface area (Å²) in [6.07, 6.45) is 24.8. The molecule has 2 aromatic carbocycles. The molecule has 0 radical (unpaired) electrons. The lowest BCUT2D eigenvalue weighted by Gasteiger charge is -2.14. The summed E-state index contributed by atoms with van der Waals surface area (Å²) in [4.78, 5) is 8.23. The summed E-state index contributed by atoms with van der Waals surface area (Å²) in [7, 11) is 0. The van der Waals surface area contributed by atoms with Gasteiger partial charge in [-0.25, -0.2) is 0 Å². The van der Waals surface area contributed by atoms with Gasteiger partial charge in [-0.2, -0.15) is 0 Å². The monoisotopic (exact) mass is 546 g/mol. The molecular formula is C38H46N2O. The van der Waals surface area contributed by atoms with Crippen LogP contribution in [0.5, 0.6) is 5.75 Å². The largest absolute Gasteiger partial charge is 0.494 e. The highest BCUT2D eigenvalue weighted by atomic mass is 16.5. The average molecular weight is 547 g/mol. The zero-order chi connectivity index (χ0) is 28.4. The molecule has 0 amide bonds. The van der Waals surface area contributed by atoms with E-state index in [-0.39, 0.29) is 0 Å². The quantitative estimate of drug-likeness (QED) is 0.225. The molecule has 41 heavy (non-hydrogen) atoms. The topological polar surface area (TPSA) is 37.4 Å². The number of aryl methyl sites for hydroxylation is 3. The molecule has 0 saturated carbocycles. The minimum Gasteiger partial charge on any atom is -0.494 e. The number of ether oxygens (including phenoxy) is 1.